The maximum atomic E-state index is 13.7. The molecule has 1 saturated heterocycles. The molecule has 2 rings (SSSR count). The molecule has 4 N–H and O–H groups in total. The fraction of sp³-hybridized carbons (Fsp3) is 0.385. The van der Waals surface area contributed by atoms with Crippen LogP contribution in [0.2, 0.25) is 0 Å². The highest BCUT2D eigenvalue weighted by atomic mass is 19.1. The number of carbonyl (C=O) groups is 2. The monoisotopic (exact) mass is 265 g/mol. The smallest absolute Gasteiger partial charge is 0.248 e. The molecule has 1 aromatic carbocycles. The number of hydrogen-bond donors (Lipinski definition) is 3. The number of nitrogens with two attached hydrogens (primary N) is 1. The molecule has 1 unspecified atom stereocenters. The third kappa shape index (κ3) is 3.29. The van der Waals surface area contributed by atoms with Crippen LogP contribution in [-0.2, 0) is 11.3 Å². The number of nitrogens with one attached hydrogen (secondary N) is 2. The predicted octanol–water partition coefficient (Wildman–Crippen LogP) is 0.293. The summed E-state index contributed by atoms with van der Waals surface area (Å²) in [6.07, 6.45) is 1.65. The summed E-state index contributed by atoms with van der Waals surface area (Å²) in [5, 5.41) is 5.76. The van der Waals surface area contributed by atoms with E-state index in [2.05, 4.69) is 10.6 Å². The zero-order chi connectivity index (χ0) is 13.8. The second-order valence-electron chi connectivity index (χ2n) is 4.54. The van der Waals surface area contributed by atoms with E-state index in [1.165, 1.54) is 12.1 Å². The molecule has 19 heavy (non-hydrogen) atoms. The molecule has 1 aliphatic heterocycles. The van der Waals surface area contributed by atoms with E-state index in [4.69, 9.17) is 5.73 Å². The highest BCUT2D eigenvalue weighted by Gasteiger charge is 2.21. The molecule has 0 spiro atoms. The molecule has 1 heterocycles. The summed E-state index contributed by atoms with van der Waals surface area (Å²) in [6.45, 7) is 0.932. The fourth-order valence-electron chi connectivity index (χ4n) is 2.04. The first-order chi connectivity index (χ1) is 9.08. The molecule has 0 radical (unpaired) electrons. The third-order valence-electron chi connectivity index (χ3n) is 3.16. The van der Waals surface area contributed by atoms with E-state index in [1.807, 2.05) is 0 Å². The lowest BCUT2D eigenvalue weighted by molar-refractivity contribution is -0.124. The zero-order valence-electron chi connectivity index (χ0n) is 10.4. The largest absolute Gasteiger partial charge is 0.366 e. The van der Waals surface area contributed by atoms with Crippen molar-refractivity contribution in [2.24, 2.45) is 5.73 Å². The van der Waals surface area contributed by atoms with Crippen LogP contribution in [0.1, 0.15) is 28.8 Å². The van der Waals surface area contributed by atoms with E-state index in [0.717, 1.165) is 18.9 Å². The van der Waals surface area contributed by atoms with E-state index in [0.29, 0.717) is 12.1 Å². The van der Waals surface area contributed by atoms with Gasteiger partial charge in [-0.05, 0) is 25.0 Å². The highest BCUT2D eigenvalue weighted by Crippen LogP contribution is 2.11. The van der Waals surface area contributed by atoms with Gasteiger partial charge in [-0.25, -0.2) is 4.39 Å². The van der Waals surface area contributed by atoms with Crippen LogP contribution in [0.25, 0.3) is 0 Å². The van der Waals surface area contributed by atoms with Gasteiger partial charge in [0.1, 0.15) is 5.82 Å². The number of amides is 2. The second kappa shape index (κ2) is 5.79. The minimum absolute atomic E-state index is 0.0552. The van der Waals surface area contributed by atoms with Gasteiger partial charge in [-0.2, -0.15) is 0 Å². The Kier molecular flexibility index (Phi) is 4.11. The van der Waals surface area contributed by atoms with Crippen molar-refractivity contribution in [1.29, 1.82) is 0 Å². The van der Waals surface area contributed by atoms with Crippen molar-refractivity contribution in [3.63, 3.8) is 0 Å². The molecule has 6 heteroatoms. The average molecular weight is 265 g/mol. The third-order valence-corrected chi connectivity index (χ3v) is 3.16. The molecule has 1 aliphatic rings. The molecule has 1 fully saturated rings. The van der Waals surface area contributed by atoms with Crippen LogP contribution < -0.4 is 16.4 Å². The minimum atomic E-state index is -0.662. The lowest BCUT2D eigenvalue weighted by atomic mass is 10.1. The zero-order valence-corrected chi connectivity index (χ0v) is 10.4. The molecule has 1 atom stereocenters. The van der Waals surface area contributed by atoms with Crippen molar-refractivity contribution in [3.8, 4) is 0 Å². The van der Waals surface area contributed by atoms with E-state index < -0.39 is 11.7 Å². The lowest BCUT2D eigenvalue weighted by Gasteiger charge is -2.23. The number of hydrogen-bond acceptors (Lipinski definition) is 3. The van der Waals surface area contributed by atoms with Gasteiger partial charge in [0, 0.05) is 24.2 Å². The van der Waals surface area contributed by atoms with E-state index >= 15 is 0 Å². The Labute approximate surface area is 110 Å². The van der Waals surface area contributed by atoms with Crippen molar-refractivity contribution >= 4 is 11.8 Å². The van der Waals surface area contributed by atoms with E-state index in [1.54, 1.807) is 0 Å². The first-order valence-corrected chi connectivity index (χ1v) is 6.17. The van der Waals surface area contributed by atoms with Gasteiger partial charge < -0.3 is 16.4 Å². The number of rotatable bonds is 4. The van der Waals surface area contributed by atoms with Crippen molar-refractivity contribution in [3.05, 3.63) is 35.1 Å². The van der Waals surface area contributed by atoms with Gasteiger partial charge in [0.2, 0.25) is 11.8 Å². The van der Waals surface area contributed by atoms with Gasteiger partial charge in [0.25, 0.3) is 0 Å². The van der Waals surface area contributed by atoms with Crippen LogP contribution in [0, 0.1) is 5.82 Å². The highest BCUT2D eigenvalue weighted by molar-refractivity contribution is 5.92. The maximum Gasteiger partial charge on any atom is 0.248 e. The molecule has 1 aromatic rings. The summed E-state index contributed by atoms with van der Waals surface area (Å²) in [7, 11) is 0. The molecule has 0 aliphatic carbocycles. The van der Waals surface area contributed by atoms with Crippen molar-refractivity contribution in [2.45, 2.75) is 25.4 Å². The first kappa shape index (κ1) is 13.5. The predicted molar refractivity (Wildman–Crippen MR) is 67.8 cm³/mol. The molecule has 2 amide bonds. The molecular weight excluding hydrogens is 249 g/mol. The van der Waals surface area contributed by atoms with Gasteiger partial charge >= 0.3 is 0 Å². The summed E-state index contributed by atoms with van der Waals surface area (Å²) in [5.41, 5.74) is 5.61. The van der Waals surface area contributed by atoms with Crippen LogP contribution >= 0.6 is 0 Å². The van der Waals surface area contributed by atoms with Crippen LogP contribution in [0.15, 0.2) is 18.2 Å². The quantitative estimate of drug-likeness (QED) is 0.731. The molecule has 0 aromatic heterocycles. The molecule has 102 valence electrons. The van der Waals surface area contributed by atoms with Gasteiger partial charge in [-0.1, -0.05) is 6.07 Å². The number of benzene rings is 1. The molecule has 0 saturated carbocycles. The summed E-state index contributed by atoms with van der Waals surface area (Å²) in [6, 6.07) is 3.80. The normalized spacial score (nSPS) is 19.0. The Morgan fingerprint density at radius 3 is 2.95 bits per heavy atom. The van der Waals surface area contributed by atoms with Crippen LogP contribution in [0.4, 0.5) is 4.39 Å². The number of halogens is 1. The average Bonchev–Trinajstić information content (AvgIpc) is 2.39. The summed E-state index contributed by atoms with van der Waals surface area (Å²) in [4.78, 5) is 22.4. The Morgan fingerprint density at radius 1 is 1.53 bits per heavy atom. The topological polar surface area (TPSA) is 84.2 Å². The van der Waals surface area contributed by atoms with Gasteiger partial charge in [0.15, 0.2) is 0 Å². The summed E-state index contributed by atoms with van der Waals surface area (Å²) < 4.78 is 13.7. The Balaban J connectivity index is 1.99. The van der Waals surface area contributed by atoms with Gasteiger partial charge in [-0.15, -0.1) is 0 Å². The Bertz CT molecular complexity index is 505. The maximum absolute atomic E-state index is 13.7. The second-order valence-corrected chi connectivity index (χ2v) is 4.54. The molecule has 5 nitrogen and oxygen atoms in total. The van der Waals surface area contributed by atoms with E-state index in [-0.39, 0.29) is 24.1 Å². The van der Waals surface area contributed by atoms with Crippen molar-refractivity contribution in [1.82, 2.24) is 10.6 Å². The first-order valence-electron chi connectivity index (χ1n) is 6.17. The Hall–Kier alpha value is -1.95. The molecule has 0 bridgehead atoms. The van der Waals surface area contributed by atoms with Crippen LogP contribution in [0.3, 0.4) is 0 Å². The van der Waals surface area contributed by atoms with Gasteiger partial charge in [-0.3, -0.25) is 9.59 Å². The SMILES string of the molecule is NC(=O)c1ccc(CNC2CCCNC2=O)c(F)c1. The van der Waals surface area contributed by atoms with Crippen LogP contribution in [-0.4, -0.2) is 24.4 Å². The number of primary amides is 1. The van der Waals surface area contributed by atoms with Crippen LogP contribution in [0.5, 0.6) is 0 Å². The van der Waals surface area contributed by atoms with Gasteiger partial charge in [0.05, 0.1) is 6.04 Å². The number of piperidine rings is 1. The standard InChI is InChI=1S/C13H16FN3O2/c14-10-6-8(12(15)18)3-4-9(10)7-17-11-2-1-5-16-13(11)19/h3-4,6,11,17H,1-2,5,7H2,(H2,15,18)(H,16,19). The lowest BCUT2D eigenvalue weighted by Crippen LogP contribution is -2.48. The Morgan fingerprint density at radius 2 is 2.32 bits per heavy atom. The summed E-state index contributed by atoms with van der Waals surface area (Å²) >= 11 is 0. The number of carbonyl (C=O) groups excluding carboxylic acids is 2. The summed E-state index contributed by atoms with van der Waals surface area (Å²) in [5.74, 6) is -1.22. The van der Waals surface area contributed by atoms with Crippen molar-refractivity contribution in [2.75, 3.05) is 6.54 Å². The molecular formula is C13H16FN3O2. The van der Waals surface area contributed by atoms with Crippen molar-refractivity contribution < 1.29 is 14.0 Å². The van der Waals surface area contributed by atoms with E-state index in [9.17, 15) is 14.0 Å². The minimum Gasteiger partial charge on any atom is -0.366 e. The fourth-order valence-corrected chi connectivity index (χ4v) is 2.04.